The summed E-state index contributed by atoms with van der Waals surface area (Å²) >= 11 is 0. The summed E-state index contributed by atoms with van der Waals surface area (Å²) in [5.41, 5.74) is 0. The molecule has 2 atom stereocenters. The molecule has 4 rings (SSSR count). The molecular formula is C30H48F2O2. The molecule has 1 aliphatic heterocycles. The fourth-order valence-corrected chi connectivity index (χ4v) is 7.45. The van der Waals surface area contributed by atoms with Gasteiger partial charge in [0.15, 0.2) is 0 Å². The minimum Gasteiger partial charge on any atom is -0.376 e. The largest absolute Gasteiger partial charge is 0.376 e. The van der Waals surface area contributed by atoms with Gasteiger partial charge in [0.05, 0.1) is 18.8 Å². The summed E-state index contributed by atoms with van der Waals surface area (Å²) in [7, 11) is 0. The molecule has 3 aliphatic carbocycles. The summed E-state index contributed by atoms with van der Waals surface area (Å²) in [5.74, 6) is 4.39. The molecule has 1 saturated heterocycles. The summed E-state index contributed by atoms with van der Waals surface area (Å²) in [4.78, 5) is 0. The van der Waals surface area contributed by atoms with Crippen LogP contribution in [0.3, 0.4) is 0 Å². The Balaban J connectivity index is 1.10. The van der Waals surface area contributed by atoms with Gasteiger partial charge in [-0.3, -0.25) is 0 Å². The number of allylic oxidation sites excluding steroid dienone is 2. The SMILES string of the molecule is CCCOC1CCC(/C=C/C2CCC(C3CCC(C4CCC(C=C(F)F)CC4)CC3)CC2)OC1. The van der Waals surface area contributed by atoms with Gasteiger partial charge >= 0.3 is 0 Å². The minimum absolute atomic E-state index is 0.128. The van der Waals surface area contributed by atoms with E-state index in [0.29, 0.717) is 6.10 Å². The topological polar surface area (TPSA) is 18.5 Å². The van der Waals surface area contributed by atoms with Crippen LogP contribution >= 0.6 is 0 Å². The van der Waals surface area contributed by atoms with E-state index in [1.807, 2.05) is 0 Å². The van der Waals surface area contributed by atoms with E-state index >= 15 is 0 Å². The van der Waals surface area contributed by atoms with Gasteiger partial charge in [0.1, 0.15) is 0 Å². The minimum atomic E-state index is -1.48. The van der Waals surface area contributed by atoms with E-state index < -0.39 is 6.08 Å². The molecule has 2 nitrogen and oxygen atoms in total. The van der Waals surface area contributed by atoms with Crippen LogP contribution in [0.15, 0.2) is 24.3 Å². The summed E-state index contributed by atoms with van der Waals surface area (Å²) in [5, 5.41) is 0. The zero-order chi connectivity index (χ0) is 23.8. The first-order valence-electron chi connectivity index (χ1n) is 14.5. The van der Waals surface area contributed by atoms with Crippen molar-refractivity contribution in [2.45, 2.75) is 115 Å². The molecule has 0 radical (unpaired) electrons. The maximum Gasteiger partial charge on any atom is 0.266 e. The van der Waals surface area contributed by atoms with Crippen molar-refractivity contribution in [3.05, 3.63) is 24.3 Å². The van der Waals surface area contributed by atoms with E-state index in [4.69, 9.17) is 9.47 Å². The highest BCUT2D eigenvalue weighted by Gasteiger charge is 2.34. The Morgan fingerprint density at radius 3 is 1.71 bits per heavy atom. The van der Waals surface area contributed by atoms with Gasteiger partial charge in [0.25, 0.3) is 6.08 Å². The Kier molecular flexibility index (Phi) is 10.5. The fourth-order valence-electron chi connectivity index (χ4n) is 7.45. The molecule has 0 aromatic carbocycles. The number of hydrogen-bond donors (Lipinski definition) is 0. The van der Waals surface area contributed by atoms with Gasteiger partial charge in [0, 0.05) is 6.61 Å². The van der Waals surface area contributed by atoms with E-state index in [2.05, 4.69) is 19.1 Å². The first-order valence-corrected chi connectivity index (χ1v) is 14.5. The number of rotatable bonds is 8. The maximum absolute atomic E-state index is 12.5. The van der Waals surface area contributed by atoms with Gasteiger partial charge < -0.3 is 9.47 Å². The van der Waals surface area contributed by atoms with Crippen LogP contribution in [0.1, 0.15) is 103 Å². The number of ether oxygens (including phenoxy) is 2. The third kappa shape index (κ3) is 7.88. The van der Waals surface area contributed by atoms with Crippen LogP contribution in [0.4, 0.5) is 8.78 Å². The lowest BCUT2D eigenvalue weighted by Gasteiger charge is -2.41. The third-order valence-corrected chi connectivity index (χ3v) is 9.57. The lowest BCUT2D eigenvalue weighted by atomic mass is 9.65. The molecule has 4 heteroatoms. The molecule has 4 fully saturated rings. The smallest absolute Gasteiger partial charge is 0.266 e. The molecule has 0 spiro atoms. The second-order valence-corrected chi connectivity index (χ2v) is 11.8. The van der Waals surface area contributed by atoms with Crippen molar-refractivity contribution in [2.24, 2.45) is 35.5 Å². The van der Waals surface area contributed by atoms with E-state index in [9.17, 15) is 8.78 Å². The third-order valence-electron chi connectivity index (χ3n) is 9.57. The molecule has 3 saturated carbocycles. The molecule has 194 valence electrons. The Bertz CT molecular complexity index is 626. The first-order chi connectivity index (χ1) is 16.6. The number of hydrogen-bond acceptors (Lipinski definition) is 2. The highest BCUT2D eigenvalue weighted by molar-refractivity contribution is 4.98. The molecule has 0 N–H and O–H groups in total. The normalized spacial score (nSPS) is 39.7. The molecule has 0 bridgehead atoms. The van der Waals surface area contributed by atoms with E-state index in [0.717, 1.165) is 74.9 Å². The van der Waals surface area contributed by atoms with Gasteiger partial charge in [-0.2, -0.15) is 8.78 Å². The maximum atomic E-state index is 12.5. The van der Waals surface area contributed by atoms with Crippen LogP contribution in [0.5, 0.6) is 0 Å². The second-order valence-electron chi connectivity index (χ2n) is 11.8. The quantitative estimate of drug-likeness (QED) is 0.325. The Morgan fingerprint density at radius 1 is 0.706 bits per heavy atom. The predicted molar refractivity (Wildman–Crippen MR) is 135 cm³/mol. The van der Waals surface area contributed by atoms with Gasteiger partial charge in [0.2, 0.25) is 0 Å². The lowest BCUT2D eigenvalue weighted by molar-refractivity contribution is -0.0710. The van der Waals surface area contributed by atoms with Crippen LogP contribution in [0.2, 0.25) is 0 Å². The van der Waals surface area contributed by atoms with Crippen molar-refractivity contribution < 1.29 is 18.3 Å². The van der Waals surface area contributed by atoms with Crippen LogP contribution < -0.4 is 0 Å². The first kappa shape index (κ1) is 26.3. The van der Waals surface area contributed by atoms with Crippen molar-refractivity contribution in [3.8, 4) is 0 Å². The number of halogens is 2. The highest BCUT2D eigenvalue weighted by atomic mass is 19.3. The zero-order valence-electron chi connectivity index (χ0n) is 21.4. The summed E-state index contributed by atoms with van der Waals surface area (Å²) in [6, 6.07) is 0. The molecule has 2 unspecified atom stereocenters. The highest BCUT2D eigenvalue weighted by Crippen LogP contribution is 2.46. The van der Waals surface area contributed by atoms with E-state index in [1.54, 1.807) is 0 Å². The van der Waals surface area contributed by atoms with Crippen LogP contribution in [0.25, 0.3) is 0 Å². The average molecular weight is 479 g/mol. The van der Waals surface area contributed by atoms with Crippen LogP contribution in [-0.4, -0.2) is 25.4 Å². The van der Waals surface area contributed by atoms with Crippen molar-refractivity contribution >= 4 is 0 Å². The van der Waals surface area contributed by atoms with Gasteiger partial charge in [-0.25, -0.2) is 0 Å². The molecule has 1 heterocycles. The Hall–Kier alpha value is -0.740. The van der Waals surface area contributed by atoms with Gasteiger partial charge in [-0.05, 0) is 138 Å². The van der Waals surface area contributed by atoms with E-state index in [1.165, 1.54) is 70.3 Å². The Morgan fingerprint density at radius 2 is 1.24 bits per heavy atom. The molecule has 0 amide bonds. The van der Waals surface area contributed by atoms with Gasteiger partial charge in [-0.1, -0.05) is 19.1 Å². The van der Waals surface area contributed by atoms with Crippen molar-refractivity contribution in [3.63, 3.8) is 0 Å². The average Bonchev–Trinajstić information content (AvgIpc) is 2.87. The van der Waals surface area contributed by atoms with Crippen molar-refractivity contribution in [1.82, 2.24) is 0 Å². The lowest BCUT2D eigenvalue weighted by Crippen LogP contribution is -2.31. The van der Waals surface area contributed by atoms with Crippen molar-refractivity contribution in [1.29, 1.82) is 0 Å². The molecule has 34 heavy (non-hydrogen) atoms. The monoisotopic (exact) mass is 478 g/mol. The van der Waals surface area contributed by atoms with Crippen molar-refractivity contribution in [2.75, 3.05) is 13.2 Å². The van der Waals surface area contributed by atoms with Crippen LogP contribution in [0, 0.1) is 35.5 Å². The molecule has 4 aliphatic rings. The molecular weight excluding hydrogens is 430 g/mol. The summed E-state index contributed by atoms with van der Waals surface area (Å²) in [6.07, 6.45) is 23.8. The fraction of sp³-hybridized carbons (Fsp3) is 0.867. The second kappa shape index (κ2) is 13.5. The van der Waals surface area contributed by atoms with E-state index in [-0.39, 0.29) is 12.0 Å². The van der Waals surface area contributed by atoms with Gasteiger partial charge in [-0.15, -0.1) is 0 Å². The molecule has 0 aromatic heterocycles. The predicted octanol–water partition coefficient (Wildman–Crippen LogP) is 8.72. The Labute approximate surface area is 206 Å². The summed E-state index contributed by atoms with van der Waals surface area (Å²) in [6.45, 7) is 3.75. The standard InChI is InChI=1S/C30H48F2O2/c1-2-19-33-29-18-17-28(34-21-29)16-7-22-3-8-24(9-4-22)26-12-14-27(15-13-26)25-10-5-23(6-11-25)20-30(31)32/h7,16,20,22-29H,2-6,8-15,17-19,21H2,1H3/b16-7+. The summed E-state index contributed by atoms with van der Waals surface area (Å²) < 4.78 is 36.9. The molecule has 0 aromatic rings. The van der Waals surface area contributed by atoms with Crippen LogP contribution in [-0.2, 0) is 9.47 Å². The zero-order valence-corrected chi connectivity index (χ0v) is 21.4.